The number of pyridine rings is 1. The first-order valence-corrected chi connectivity index (χ1v) is 7.16. The van der Waals surface area contributed by atoms with Crippen molar-refractivity contribution in [3.05, 3.63) is 46.9 Å². The minimum absolute atomic E-state index is 0.0339. The lowest BCUT2D eigenvalue weighted by Gasteiger charge is -2.17. The highest BCUT2D eigenvalue weighted by Gasteiger charge is 2.16. The van der Waals surface area contributed by atoms with Gasteiger partial charge in [0.15, 0.2) is 5.82 Å². The maximum atomic E-state index is 9.47. The van der Waals surface area contributed by atoms with Gasteiger partial charge in [-0.1, -0.05) is 13.8 Å². The third-order valence-electron chi connectivity index (χ3n) is 3.52. The molecule has 0 aliphatic heterocycles. The van der Waals surface area contributed by atoms with Gasteiger partial charge < -0.3 is 5.32 Å². The summed E-state index contributed by atoms with van der Waals surface area (Å²) in [4.78, 5) is 4.01. The molecule has 2 aromatic heterocycles. The number of nitrogens with zero attached hydrogens (tertiary/aromatic N) is 4. The third kappa shape index (κ3) is 3.16. The number of hydrogen-bond donors (Lipinski definition) is 1. The fourth-order valence-corrected chi connectivity index (χ4v) is 2.33. The van der Waals surface area contributed by atoms with E-state index in [1.807, 2.05) is 32.9 Å². The summed E-state index contributed by atoms with van der Waals surface area (Å²) in [5, 5.41) is 21.2. The lowest BCUT2D eigenvalue weighted by atomic mass is 10.0. The highest BCUT2D eigenvalue weighted by Crippen LogP contribution is 2.23. The van der Waals surface area contributed by atoms with Crippen molar-refractivity contribution >= 4 is 5.82 Å². The van der Waals surface area contributed by atoms with Crippen LogP contribution in [0.3, 0.4) is 0 Å². The fraction of sp³-hybridized carbons (Fsp3) is 0.375. The molecule has 0 spiro atoms. The number of rotatable bonds is 5. The van der Waals surface area contributed by atoms with Crippen LogP contribution in [0.15, 0.2) is 24.5 Å². The quantitative estimate of drug-likeness (QED) is 0.911. The van der Waals surface area contributed by atoms with Crippen LogP contribution in [0.25, 0.3) is 0 Å². The van der Waals surface area contributed by atoms with E-state index in [2.05, 4.69) is 26.6 Å². The molecule has 1 atom stereocenters. The minimum atomic E-state index is 0.0339. The van der Waals surface area contributed by atoms with Crippen LogP contribution in [0, 0.1) is 11.3 Å². The van der Waals surface area contributed by atoms with Crippen molar-refractivity contribution in [2.24, 2.45) is 0 Å². The van der Waals surface area contributed by atoms with Gasteiger partial charge in [-0.25, -0.2) is 0 Å². The van der Waals surface area contributed by atoms with E-state index >= 15 is 0 Å². The topological polar surface area (TPSA) is 74.5 Å². The molecule has 0 saturated heterocycles. The van der Waals surface area contributed by atoms with Gasteiger partial charge in [-0.05, 0) is 43.0 Å². The van der Waals surface area contributed by atoms with E-state index in [0.717, 1.165) is 29.7 Å². The van der Waals surface area contributed by atoms with Crippen LogP contribution in [0.1, 0.15) is 49.2 Å². The number of aryl methyl sites for hydroxylation is 1. The first kappa shape index (κ1) is 14.9. The number of hydrogen-bond acceptors (Lipinski definition) is 5. The van der Waals surface area contributed by atoms with Crippen molar-refractivity contribution in [3.63, 3.8) is 0 Å². The zero-order valence-electron chi connectivity index (χ0n) is 12.6. The summed E-state index contributed by atoms with van der Waals surface area (Å²) in [6.07, 6.45) is 5.06. The first-order chi connectivity index (χ1) is 10.2. The SMILES string of the molecule is CCc1nnc(NC(C)c2ccncc2)c(C#N)c1CC. The highest BCUT2D eigenvalue weighted by molar-refractivity contribution is 5.57. The zero-order chi connectivity index (χ0) is 15.2. The predicted molar refractivity (Wildman–Crippen MR) is 81.8 cm³/mol. The molecule has 21 heavy (non-hydrogen) atoms. The van der Waals surface area contributed by atoms with Crippen molar-refractivity contribution in [3.8, 4) is 6.07 Å². The molecule has 0 fully saturated rings. The number of nitriles is 1. The molecule has 1 N–H and O–H groups in total. The van der Waals surface area contributed by atoms with Crippen LogP contribution in [0.4, 0.5) is 5.82 Å². The Labute approximate surface area is 125 Å². The second-order valence-electron chi connectivity index (χ2n) is 4.81. The molecule has 2 rings (SSSR count). The van der Waals surface area contributed by atoms with Gasteiger partial charge in [0.1, 0.15) is 11.6 Å². The van der Waals surface area contributed by atoms with Crippen LogP contribution in [-0.4, -0.2) is 15.2 Å². The van der Waals surface area contributed by atoms with E-state index in [1.54, 1.807) is 12.4 Å². The minimum Gasteiger partial charge on any atom is -0.361 e. The zero-order valence-corrected chi connectivity index (χ0v) is 12.6. The molecule has 0 aliphatic carbocycles. The van der Waals surface area contributed by atoms with E-state index in [4.69, 9.17) is 0 Å². The average Bonchev–Trinajstić information content (AvgIpc) is 2.54. The molecule has 0 amide bonds. The Morgan fingerprint density at radius 3 is 2.48 bits per heavy atom. The molecule has 5 heteroatoms. The van der Waals surface area contributed by atoms with Crippen molar-refractivity contribution in [2.45, 2.75) is 39.7 Å². The molecule has 0 bridgehead atoms. The summed E-state index contributed by atoms with van der Waals surface area (Å²) < 4.78 is 0. The van der Waals surface area contributed by atoms with Crippen LogP contribution < -0.4 is 5.32 Å². The van der Waals surface area contributed by atoms with Crippen molar-refractivity contribution in [2.75, 3.05) is 5.32 Å². The summed E-state index contributed by atoms with van der Waals surface area (Å²) >= 11 is 0. The number of aromatic nitrogens is 3. The second kappa shape index (κ2) is 6.80. The van der Waals surface area contributed by atoms with Gasteiger partial charge in [0.2, 0.25) is 0 Å². The van der Waals surface area contributed by atoms with Crippen LogP contribution in [-0.2, 0) is 12.8 Å². The summed E-state index contributed by atoms with van der Waals surface area (Å²) in [5.74, 6) is 0.552. The standard InChI is InChI=1S/C16H19N5/c1-4-13-14(10-17)16(21-20-15(13)5-2)19-11(3)12-6-8-18-9-7-12/h6-9,11H,4-5H2,1-3H3,(H,19,21). The van der Waals surface area contributed by atoms with Gasteiger partial charge >= 0.3 is 0 Å². The second-order valence-corrected chi connectivity index (χ2v) is 4.81. The average molecular weight is 281 g/mol. The van der Waals surface area contributed by atoms with E-state index in [0.29, 0.717) is 11.4 Å². The van der Waals surface area contributed by atoms with Gasteiger partial charge in [0, 0.05) is 12.4 Å². The molecule has 108 valence electrons. The summed E-state index contributed by atoms with van der Waals surface area (Å²) in [7, 11) is 0. The fourth-order valence-electron chi connectivity index (χ4n) is 2.33. The monoisotopic (exact) mass is 281 g/mol. The molecule has 0 aliphatic rings. The van der Waals surface area contributed by atoms with Gasteiger partial charge in [-0.15, -0.1) is 5.10 Å². The Bertz CT molecular complexity index is 646. The summed E-state index contributed by atoms with van der Waals surface area (Å²) in [5.41, 5.74) is 3.58. The first-order valence-electron chi connectivity index (χ1n) is 7.16. The molecular formula is C16H19N5. The van der Waals surface area contributed by atoms with Crippen molar-refractivity contribution in [1.29, 1.82) is 5.26 Å². The van der Waals surface area contributed by atoms with Crippen molar-refractivity contribution < 1.29 is 0 Å². The van der Waals surface area contributed by atoms with Gasteiger partial charge in [0.05, 0.1) is 11.7 Å². The van der Waals surface area contributed by atoms with Gasteiger partial charge in [-0.2, -0.15) is 10.4 Å². The lowest BCUT2D eigenvalue weighted by molar-refractivity contribution is 0.827. The van der Waals surface area contributed by atoms with E-state index in [9.17, 15) is 5.26 Å². The number of nitrogens with one attached hydrogen (secondary N) is 1. The normalized spacial score (nSPS) is 11.7. The summed E-state index contributed by atoms with van der Waals surface area (Å²) in [6, 6.07) is 6.19. The maximum absolute atomic E-state index is 9.47. The van der Waals surface area contributed by atoms with Crippen molar-refractivity contribution in [1.82, 2.24) is 15.2 Å². The number of anilines is 1. The van der Waals surface area contributed by atoms with Crippen LogP contribution >= 0.6 is 0 Å². The van der Waals surface area contributed by atoms with E-state index in [1.165, 1.54) is 0 Å². The molecule has 0 radical (unpaired) electrons. The Kier molecular flexibility index (Phi) is 4.83. The van der Waals surface area contributed by atoms with Crippen LogP contribution in [0.5, 0.6) is 0 Å². The largest absolute Gasteiger partial charge is 0.361 e. The molecule has 2 aromatic rings. The smallest absolute Gasteiger partial charge is 0.167 e. The van der Waals surface area contributed by atoms with Gasteiger partial charge in [0.25, 0.3) is 0 Å². The van der Waals surface area contributed by atoms with E-state index in [-0.39, 0.29) is 6.04 Å². The highest BCUT2D eigenvalue weighted by atomic mass is 15.2. The molecule has 0 aromatic carbocycles. The van der Waals surface area contributed by atoms with Crippen LogP contribution in [0.2, 0.25) is 0 Å². The molecule has 5 nitrogen and oxygen atoms in total. The predicted octanol–water partition coefficient (Wildman–Crippen LogP) is 3.04. The Morgan fingerprint density at radius 1 is 1.19 bits per heavy atom. The molecule has 1 unspecified atom stereocenters. The maximum Gasteiger partial charge on any atom is 0.167 e. The molecular weight excluding hydrogens is 262 g/mol. The lowest BCUT2D eigenvalue weighted by Crippen LogP contribution is -2.13. The Morgan fingerprint density at radius 2 is 1.90 bits per heavy atom. The van der Waals surface area contributed by atoms with E-state index < -0.39 is 0 Å². The Hall–Kier alpha value is -2.48. The molecule has 2 heterocycles. The Balaban J connectivity index is 2.35. The summed E-state index contributed by atoms with van der Waals surface area (Å²) in [6.45, 7) is 6.08. The van der Waals surface area contributed by atoms with Gasteiger partial charge in [-0.3, -0.25) is 4.98 Å². The molecule has 0 saturated carbocycles. The third-order valence-corrected chi connectivity index (χ3v) is 3.52.